The zero-order chi connectivity index (χ0) is 43.1. The molecule has 2 aromatic carbocycles. The van der Waals surface area contributed by atoms with Crippen molar-refractivity contribution in [1.82, 2.24) is 0 Å². The summed E-state index contributed by atoms with van der Waals surface area (Å²) in [4.78, 5) is 0. The van der Waals surface area contributed by atoms with Gasteiger partial charge in [-0.1, -0.05) is 225 Å². The van der Waals surface area contributed by atoms with Gasteiger partial charge in [-0.25, -0.2) is 4.70 Å². The van der Waals surface area contributed by atoms with Crippen molar-refractivity contribution in [3.8, 4) is 0 Å². The molecule has 60 heavy (non-hydrogen) atoms. The molecule has 0 radical (unpaired) electrons. The molecule has 1 aliphatic heterocycles. The van der Waals surface area contributed by atoms with Crippen molar-refractivity contribution in [2.45, 2.75) is 239 Å². The quantitative estimate of drug-likeness (QED) is 0.0383. The Morgan fingerprint density at radius 2 is 0.783 bits per heavy atom. The van der Waals surface area contributed by atoms with Gasteiger partial charge in [0.15, 0.2) is 0 Å². The fourth-order valence-corrected chi connectivity index (χ4v) is 8.82. The number of hydrogen-bond donors (Lipinski definition) is 0. The van der Waals surface area contributed by atoms with Gasteiger partial charge in [0.1, 0.15) is 0 Å². The van der Waals surface area contributed by atoms with Crippen LogP contribution in [0.4, 0.5) is 0 Å². The topological polar surface area (TPSA) is 43.8 Å². The molecule has 0 saturated heterocycles. The molecule has 0 atom stereocenters. The van der Waals surface area contributed by atoms with E-state index in [1.165, 1.54) is 220 Å². The van der Waals surface area contributed by atoms with Crippen molar-refractivity contribution in [2.75, 3.05) is 14.2 Å². The van der Waals surface area contributed by atoms with Crippen LogP contribution in [0.1, 0.15) is 248 Å². The molecule has 0 spiro atoms. The molecule has 5 heteroatoms. The van der Waals surface area contributed by atoms with Crippen LogP contribution in [-0.4, -0.2) is 18.9 Å². The van der Waals surface area contributed by atoms with Crippen LogP contribution in [0.25, 0.3) is 16.9 Å². The van der Waals surface area contributed by atoms with Gasteiger partial charge >= 0.3 is 37.1 Å². The number of unbranched alkanes of at least 4 members (excludes halogenated alkanes) is 28. The van der Waals surface area contributed by atoms with Crippen molar-refractivity contribution in [3.63, 3.8) is 0 Å². The molecule has 0 fully saturated rings. The third kappa shape index (κ3) is 25.8. The Labute approximate surface area is 378 Å². The molecule has 2 aromatic rings. The molecular formula is C55H92N2NiO2. The van der Waals surface area contributed by atoms with Gasteiger partial charge in [0.25, 0.3) is 0 Å². The molecule has 0 bridgehead atoms. The second-order valence-corrected chi connectivity index (χ2v) is 18.5. The van der Waals surface area contributed by atoms with Crippen LogP contribution in [0.2, 0.25) is 0 Å². The van der Waals surface area contributed by atoms with Crippen LogP contribution < -0.4 is 0 Å². The maximum absolute atomic E-state index is 11.7. The summed E-state index contributed by atoms with van der Waals surface area (Å²) in [5.41, 5.74) is 19.9. The standard InChI is InChI=1S/C53H86N2.2CH3O.Ni/c1-4-7-10-12-13-14-15-16-17-18-19-20-21-22-23-24-25-26-27-28-29-30-31-32-33-38-48-40-36-43-50(45-48)53-51(41-34-11-8-5-2)46-52(55(53)54)49-42-35-39-47(44-49)37-9-6-3;2*1-2;/h35-36,39-40,42-46H,4-34,37-38,41H2,1-3H3;2*1H3;/q;2*-1;+2. The van der Waals surface area contributed by atoms with Crippen molar-refractivity contribution in [3.05, 3.63) is 88.0 Å². The van der Waals surface area contributed by atoms with Crippen LogP contribution in [0.5, 0.6) is 0 Å². The molecule has 0 aliphatic carbocycles. The Bertz CT molecular complexity index is 1400. The first-order chi connectivity index (χ1) is 29.6. The fraction of sp³-hybridized carbons (Fsp3) is 0.709. The van der Waals surface area contributed by atoms with Gasteiger partial charge in [0, 0.05) is 22.8 Å². The molecule has 3 rings (SSSR count). The number of aryl methyl sites for hydroxylation is 2. The van der Waals surface area contributed by atoms with E-state index in [0.717, 1.165) is 56.9 Å². The maximum atomic E-state index is 11.7. The summed E-state index contributed by atoms with van der Waals surface area (Å²) in [6.07, 6.45) is 48.6. The van der Waals surface area contributed by atoms with Crippen LogP contribution >= 0.6 is 0 Å². The summed E-state index contributed by atoms with van der Waals surface area (Å²) in [7, 11) is 3.12. The average Bonchev–Trinajstić information content (AvgIpc) is 3.60. The van der Waals surface area contributed by atoms with Crippen LogP contribution in [-0.2, 0) is 35.7 Å². The first kappa shape index (κ1) is 54.1. The molecule has 0 amide bonds. The van der Waals surface area contributed by atoms with E-state index >= 15 is 0 Å². The average molecular weight is 872 g/mol. The first-order valence-electron chi connectivity index (χ1n) is 25.4. The van der Waals surface area contributed by atoms with E-state index < -0.39 is 0 Å². The molecule has 1 heterocycles. The predicted molar refractivity (Wildman–Crippen MR) is 258 cm³/mol. The summed E-state index contributed by atoms with van der Waals surface area (Å²) >= 11 is 0.819. The Kier molecular flexibility index (Phi) is 34.8. The van der Waals surface area contributed by atoms with Crippen LogP contribution in [0.15, 0.2) is 60.2 Å². The number of nitrogens with zero attached hydrogens (tertiary/aromatic N) is 2. The van der Waals surface area contributed by atoms with E-state index in [1.54, 1.807) is 14.2 Å². The normalized spacial score (nSPS) is 12.7. The Morgan fingerprint density at radius 3 is 1.20 bits per heavy atom. The van der Waals surface area contributed by atoms with Gasteiger partial charge in [0.05, 0.1) is 0 Å². The van der Waals surface area contributed by atoms with E-state index in [9.17, 15) is 5.53 Å². The van der Waals surface area contributed by atoms with Crippen LogP contribution in [0, 0.1) is 0 Å². The van der Waals surface area contributed by atoms with Crippen molar-refractivity contribution in [1.29, 1.82) is 0 Å². The van der Waals surface area contributed by atoms with Gasteiger partial charge < -0.3 is 5.53 Å². The summed E-state index contributed by atoms with van der Waals surface area (Å²) in [5, 5.41) is 0. The monoisotopic (exact) mass is 871 g/mol. The van der Waals surface area contributed by atoms with E-state index in [1.807, 2.05) is 0 Å². The van der Waals surface area contributed by atoms with Crippen molar-refractivity contribution < 1.29 is 27.5 Å². The second kappa shape index (κ2) is 38.6. The first-order valence-corrected chi connectivity index (χ1v) is 26.2. The molecule has 4 nitrogen and oxygen atoms in total. The second-order valence-electron chi connectivity index (χ2n) is 17.6. The minimum absolute atomic E-state index is 0.819. The number of allylic oxidation sites excluding steroid dienone is 2. The summed E-state index contributed by atoms with van der Waals surface area (Å²) in [5.74, 6) is 0. The molecular weight excluding hydrogens is 779 g/mol. The Morgan fingerprint density at radius 1 is 0.433 bits per heavy atom. The Hall–Kier alpha value is -2.07. The van der Waals surface area contributed by atoms with Crippen molar-refractivity contribution >= 4 is 11.4 Å². The molecule has 0 saturated carbocycles. The predicted octanol–water partition coefficient (Wildman–Crippen LogP) is 18.3. The summed E-state index contributed by atoms with van der Waals surface area (Å²) < 4.78 is 10.3. The van der Waals surface area contributed by atoms with E-state index in [-0.39, 0.29) is 0 Å². The van der Waals surface area contributed by atoms with Gasteiger partial charge in [-0.15, -0.1) is 0 Å². The number of benzene rings is 2. The van der Waals surface area contributed by atoms with E-state index in [4.69, 9.17) is 0 Å². The SMILES string of the molecule is CCCCCCCCCCCCCCCCCCCCCCCCCCCc1cccc(C2=C(CCCCCC)C=C(c3cccc(CCCC)c3)[N+]2=[N-])c1.C[O][Ni][O]C. The van der Waals surface area contributed by atoms with Gasteiger partial charge in [-0.3, -0.25) is 0 Å². The van der Waals surface area contributed by atoms with Crippen molar-refractivity contribution in [2.24, 2.45) is 0 Å². The fourth-order valence-electron chi connectivity index (χ4n) is 8.66. The van der Waals surface area contributed by atoms with E-state index in [0.29, 0.717) is 0 Å². The van der Waals surface area contributed by atoms with E-state index in [2.05, 4.69) is 83.1 Å². The van der Waals surface area contributed by atoms with Gasteiger partial charge in [-0.2, -0.15) is 0 Å². The molecule has 1 aliphatic rings. The zero-order valence-corrected chi connectivity index (χ0v) is 40.8. The minimum atomic E-state index is 0.819. The van der Waals surface area contributed by atoms with Gasteiger partial charge in [0.2, 0.25) is 11.4 Å². The molecule has 0 unspecified atom stereocenters. The molecule has 344 valence electrons. The summed E-state index contributed by atoms with van der Waals surface area (Å²) in [6, 6.07) is 17.8. The third-order valence-corrected chi connectivity index (χ3v) is 12.6. The Balaban J connectivity index is 0.00000233. The number of rotatable bonds is 38. The van der Waals surface area contributed by atoms with Gasteiger partial charge in [-0.05, 0) is 73.9 Å². The van der Waals surface area contributed by atoms with Crippen LogP contribution in [0.3, 0.4) is 0 Å². The number of hydrogen-bond acceptors (Lipinski definition) is 2. The molecule has 0 N–H and O–H groups in total. The zero-order valence-electron chi connectivity index (χ0n) is 39.8. The third-order valence-electron chi connectivity index (χ3n) is 12.3. The summed E-state index contributed by atoms with van der Waals surface area (Å²) in [6.45, 7) is 6.83. The molecule has 0 aromatic heterocycles.